The molecule has 0 aliphatic carbocycles. The lowest BCUT2D eigenvalue weighted by Gasteiger charge is -2.32. The standard InChI is InChI=1S/C17H28N2O3/c1-5-18-17(21)11-19(16(12-20)13(2)3)10-14-6-8-15(22-4)9-7-14/h6-9,13,16,20H,5,10-12H2,1-4H3,(H,18,21)/t16-/m1/s1. The third-order valence-electron chi connectivity index (χ3n) is 3.69. The minimum Gasteiger partial charge on any atom is -0.497 e. The smallest absolute Gasteiger partial charge is 0.234 e. The number of hydrogen-bond donors (Lipinski definition) is 2. The summed E-state index contributed by atoms with van der Waals surface area (Å²) in [6, 6.07) is 7.73. The lowest BCUT2D eigenvalue weighted by molar-refractivity contribution is -0.123. The van der Waals surface area contributed by atoms with Gasteiger partial charge in [0, 0.05) is 19.1 Å². The number of hydrogen-bond acceptors (Lipinski definition) is 4. The molecule has 0 fully saturated rings. The van der Waals surface area contributed by atoms with Crippen LogP contribution >= 0.6 is 0 Å². The zero-order valence-corrected chi connectivity index (χ0v) is 14.0. The molecule has 0 heterocycles. The molecule has 0 radical (unpaired) electrons. The van der Waals surface area contributed by atoms with Crippen LogP contribution < -0.4 is 10.1 Å². The topological polar surface area (TPSA) is 61.8 Å². The summed E-state index contributed by atoms with van der Waals surface area (Å²) in [5.74, 6) is 1.05. The van der Waals surface area contributed by atoms with Crippen LogP contribution in [0.1, 0.15) is 26.3 Å². The number of carbonyl (C=O) groups is 1. The summed E-state index contributed by atoms with van der Waals surface area (Å²) in [7, 11) is 1.64. The Balaban J connectivity index is 2.85. The van der Waals surface area contributed by atoms with E-state index in [9.17, 15) is 9.90 Å². The molecule has 124 valence electrons. The zero-order chi connectivity index (χ0) is 16.5. The molecule has 1 atom stereocenters. The molecule has 0 saturated carbocycles. The van der Waals surface area contributed by atoms with Gasteiger partial charge in [0.2, 0.25) is 5.91 Å². The second kappa shape index (κ2) is 9.43. The highest BCUT2D eigenvalue weighted by molar-refractivity contribution is 5.78. The van der Waals surface area contributed by atoms with Gasteiger partial charge in [0.05, 0.1) is 20.3 Å². The summed E-state index contributed by atoms with van der Waals surface area (Å²) >= 11 is 0. The van der Waals surface area contributed by atoms with Crippen LogP contribution in [0, 0.1) is 5.92 Å². The predicted molar refractivity (Wildman–Crippen MR) is 87.8 cm³/mol. The van der Waals surface area contributed by atoms with E-state index in [1.807, 2.05) is 36.1 Å². The van der Waals surface area contributed by atoms with E-state index in [1.54, 1.807) is 7.11 Å². The highest BCUT2D eigenvalue weighted by Gasteiger charge is 2.23. The van der Waals surface area contributed by atoms with Crippen molar-refractivity contribution >= 4 is 5.91 Å². The average molecular weight is 308 g/mol. The number of amides is 1. The number of methoxy groups -OCH3 is 1. The van der Waals surface area contributed by atoms with Gasteiger partial charge in [-0.2, -0.15) is 0 Å². The van der Waals surface area contributed by atoms with Crippen molar-refractivity contribution in [1.82, 2.24) is 10.2 Å². The molecule has 0 spiro atoms. The molecule has 2 N–H and O–H groups in total. The number of benzene rings is 1. The van der Waals surface area contributed by atoms with Crippen molar-refractivity contribution in [2.24, 2.45) is 5.92 Å². The van der Waals surface area contributed by atoms with Crippen molar-refractivity contribution in [2.75, 3.05) is 26.8 Å². The third kappa shape index (κ3) is 5.66. The first-order valence-electron chi connectivity index (χ1n) is 7.76. The number of aliphatic hydroxyl groups excluding tert-OH is 1. The molecule has 1 rings (SSSR count). The van der Waals surface area contributed by atoms with E-state index in [-0.39, 0.29) is 31.0 Å². The highest BCUT2D eigenvalue weighted by Crippen LogP contribution is 2.17. The van der Waals surface area contributed by atoms with Gasteiger partial charge in [0.25, 0.3) is 0 Å². The largest absolute Gasteiger partial charge is 0.497 e. The Bertz CT molecular complexity index is 446. The van der Waals surface area contributed by atoms with E-state index in [1.165, 1.54) is 0 Å². The molecule has 0 saturated heterocycles. The Morgan fingerprint density at radius 3 is 2.41 bits per heavy atom. The van der Waals surface area contributed by atoms with Gasteiger partial charge in [0.1, 0.15) is 5.75 Å². The first-order chi connectivity index (χ1) is 10.5. The van der Waals surface area contributed by atoms with Crippen molar-refractivity contribution in [3.05, 3.63) is 29.8 Å². The maximum absolute atomic E-state index is 11.9. The van der Waals surface area contributed by atoms with Crippen molar-refractivity contribution in [1.29, 1.82) is 0 Å². The van der Waals surface area contributed by atoms with Gasteiger partial charge in [0.15, 0.2) is 0 Å². The van der Waals surface area contributed by atoms with E-state index in [2.05, 4.69) is 19.2 Å². The van der Waals surface area contributed by atoms with E-state index in [4.69, 9.17) is 4.74 Å². The van der Waals surface area contributed by atoms with Crippen molar-refractivity contribution in [3.8, 4) is 5.75 Å². The number of rotatable bonds is 9. The maximum atomic E-state index is 11.9. The molecule has 22 heavy (non-hydrogen) atoms. The molecule has 0 aliphatic rings. The van der Waals surface area contributed by atoms with E-state index < -0.39 is 0 Å². The third-order valence-corrected chi connectivity index (χ3v) is 3.69. The van der Waals surface area contributed by atoms with Gasteiger partial charge in [-0.3, -0.25) is 9.69 Å². The molecule has 0 aliphatic heterocycles. The Labute approximate surface area is 133 Å². The van der Waals surface area contributed by atoms with E-state index >= 15 is 0 Å². The molecule has 0 bridgehead atoms. The second-order valence-corrected chi connectivity index (χ2v) is 5.70. The predicted octanol–water partition coefficient (Wildman–Crippen LogP) is 1.65. The van der Waals surface area contributed by atoms with Gasteiger partial charge in [-0.15, -0.1) is 0 Å². The number of aliphatic hydroxyl groups is 1. The fraction of sp³-hybridized carbons (Fsp3) is 0.588. The van der Waals surface area contributed by atoms with Gasteiger partial charge < -0.3 is 15.2 Å². The van der Waals surface area contributed by atoms with E-state index in [0.29, 0.717) is 13.1 Å². The number of nitrogens with one attached hydrogen (secondary N) is 1. The van der Waals surface area contributed by atoms with Crippen LogP contribution in [0.4, 0.5) is 0 Å². The number of ether oxygens (including phenoxy) is 1. The summed E-state index contributed by atoms with van der Waals surface area (Å²) in [5.41, 5.74) is 1.09. The highest BCUT2D eigenvalue weighted by atomic mass is 16.5. The Morgan fingerprint density at radius 1 is 1.32 bits per heavy atom. The minimum atomic E-state index is -0.0512. The number of likely N-dealkylation sites (N-methyl/N-ethyl adjacent to an activating group) is 1. The van der Waals surface area contributed by atoms with Crippen LogP contribution in [-0.4, -0.2) is 48.8 Å². The quantitative estimate of drug-likeness (QED) is 0.728. The van der Waals surface area contributed by atoms with E-state index in [0.717, 1.165) is 11.3 Å². The van der Waals surface area contributed by atoms with Crippen LogP contribution in [0.2, 0.25) is 0 Å². The first-order valence-corrected chi connectivity index (χ1v) is 7.76. The molecule has 1 aromatic carbocycles. The average Bonchev–Trinajstić information content (AvgIpc) is 2.48. The van der Waals surface area contributed by atoms with Gasteiger partial charge in [-0.1, -0.05) is 26.0 Å². The summed E-state index contributed by atoms with van der Waals surface area (Å²) in [5, 5.41) is 12.5. The SMILES string of the molecule is CCNC(=O)CN(Cc1ccc(OC)cc1)[C@H](CO)C(C)C. The summed E-state index contributed by atoms with van der Waals surface area (Å²) in [6.07, 6.45) is 0. The van der Waals surface area contributed by atoms with Crippen molar-refractivity contribution < 1.29 is 14.6 Å². The normalized spacial score (nSPS) is 12.5. The van der Waals surface area contributed by atoms with Crippen LogP contribution in [-0.2, 0) is 11.3 Å². The summed E-state index contributed by atoms with van der Waals surface area (Å²) < 4.78 is 5.16. The molecule has 5 nitrogen and oxygen atoms in total. The fourth-order valence-electron chi connectivity index (χ4n) is 2.44. The summed E-state index contributed by atoms with van der Waals surface area (Å²) in [4.78, 5) is 14.0. The number of nitrogens with zero attached hydrogens (tertiary/aromatic N) is 1. The summed E-state index contributed by atoms with van der Waals surface area (Å²) in [6.45, 7) is 7.55. The molecular weight excluding hydrogens is 280 g/mol. The second-order valence-electron chi connectivity index (χ2n) is 5.70. The molecule has 1 aromatic rings. The molecule has 0 unspecified atom stereocenters. The first kappa shape index (κ1) is 18.5. The Morgan fingerprint density at radius 2 is 1.95 bits per heavy atom. The molecule has 0 aromatic heterocycles. The van der Waals surface area contributed by atoms with Crippen LogP contribution in [0.5, 0.6) is 5.75 Å². The van der Waals surface area contributed by atoms with Crippen molar-refractivity contribution in [3.63, 3.8) is 0 Å². The van der Waals surface area contributed by atoms with Gasteiger partial charge in [-0.25, -0.2) is 0 Å². The monoisotopic (exact) mass is 308 g/mol. The Kier molecular flexibility index (Phi) is 7.91. The van der Waals surface area contributed by atoms with Crippen LogP contribution in [0.25, 0.3) is 0 Å². The maximum Gasteiger partial charge on any atom is 0.234 e. The lowest BCUT2D eigenvalue weighted by atomic mass is 10.0. The number of carbonyl (C=O) groups excluding carboxylic acids is 1. The lowest BCUT2D eigenvalue weighted by Crippen LogP contribution is -2.46. The van der Waals surface area contributed by atoms with Crippen molar-refractivity contribution in [2.45, 2.75) is 33.4 Å². The molecular formula is C17H28N2O3. The molecule has 1 amide bonds. The van der Waals surface area contributed by atoms with Crippen LogP contribution in [0.15, 0.2) is 24.3 Å². The minimum absolute atomic E-state index is 0.0184. The Hall–Kier alpha value is -1.59. The fourth-order valence-corrected chi connectivity index (χ4v) is 2.44. The van der Waals surface area contributed by atoms with Gasteiger partial charge in [-0.05, 0) is 30.5 Å². The van der Waals surface area contributed by atoms with Gasteiger partial charge >= 0.3 is 0 Å². The zero-order valence-electron chi connectivity index (χ0n) is 14.0. The van der Waals surface area contributed by atoms with Crippen LogP contribution in [0.3, 0.4) is 0 Å². The molecule has 5 heteroatoms.